The lowest BCUT2D eigenvalue weighted by Crippen LogP contribution is -2.22. The van der Waals surface area contributed by atoms with Crippen molar-refractivity contribution >= 4 is 0 Å². The Kier molecular flexibility index (Phi) is 4.27. The maximum atomic E-state index is 4.46. The molecule has 0 aliphatic carbocycles. The molecule has 5 nitrogen and oxygen atoms in total. The highest BCUT2D eigenvalue weighted by Crippen LogP contribution is 2.12. The van der Waals surface area contributed by atoms with Gasteiger partial charge in [0.05, 0.1) is 5.69 Å². The summed E-state index contributed by atoms with van der Waals surface area (Å²) in [6.07, 6.45) is 5.58. The highest BCUT2D eigenvalue weighted by atomic mass is 15.3. The first-order valence-corrected chi connectivity index (χ1v) is 6.66. The van der Waals surface area contributed by atoms with Gasteiger partial charge >= 0.3 is 0 Å². The van der Waals surface area contributed by atoms with Crippen LogP contribution in [0.4, 0.5) is 0 Å². The van der Waals surface area contributed by atoms with E-state index in [4.69, 9.17) is 0 Å². The van der Waals surface area contributed by atoms with Crippen LogP contribution in [0.25, 0.3) is 5.95 Å². The van der Waals surface area contributed by atoms with Gasteiger partial charge in [0.2, 0.25) is 5.95 Å². The van der Waals surface area contributed by atoms with Gasteiger partial charge in [0.25, 0.3) is 0 Å². The first kappa shape index (κ1) is 13.7. The lowest BCUT2D eigenvalue weighted by Gasteiger charge is -2.07. The summed E-state index contributed by atoms with van der Waals surface area (Å²) in [7, 11) is 0. The molecule has 102 valence electrons. The molecule has 0 spiro atoms. The summed E-state index contributed by atoms with van der Waals surface area (Å²) in [5.41, 5.74) is 2.13. The monoisotopic (exact) mass is 259 g/mol. The summed E-state index contributed by atoms with van der Waals surface area (Å²) in [5.74, 6) is 1.02. The minimum Gasteiger partial charge on any atom is -0.310 e. The molecule has 2 aromatic rings. The van der Waals surface area contributed by atoms with Crippen molar-refractivity contribution in [2.45, 2.75) is 46.2 Å². The highest BCUT2D eigenvalue weighted by Gasteiger charge is 2.06. The molecule has 2 aromatic heterocycles. The SMILES string of the molecule is CC(C)NCc1cnc(-n2ccc(C(C)C)n2)nc1. The number of rotatable bonds is 5. The molecular formula is C14H21N5. The van der Waals surface area contributed by atoms with Crippen molar-refractivity contribution in [2.75, 3.05) is 0 Å². The Morgan fingerprint density at radius 2 is 1.84 bits per heavy atom. The Morgan fingerprint density at radius 1 is 1.16 bits per heavy atom. The van der Waals surface area contributed by atoms with Gasteiger partial charge in [0.1, 0.15) is 0 Å². The zero-order valence-corrected chi connectivity index (χ0v) is 12.0. The first-order valence-electron chi connectivity index (χ1n) is 6.66. The maximum absolute atomic E-state index is 4.46. The normalized spacial score (nSPS) is 11.5. The van der Waals surface area contributed by atoms with Crippen LogP contribution in [0.3, 0.4) is 0 Å². The van der Waals surface area contributed by atoms with Crippen molar-refractivity contribution in [1.29, 1.82) is 0 Å². The fraction of sp³-hybridized carbons (Fsp3) is 0.500. The van der Waals surface area contributed by atoms with Gasteiger partial charge < -0.3 is 5.32 Å². The molecule has 2 rings (SSSR count). The molecule has 0 atom stereocenters. The van der Waals surface area contributed by atoms with Crippen LogP contribution in [0, 0.1) is 0 Å². The molecule has 0 amide bonds. The molecule has 1 N–H and O–H groups in total. The number of hydrogen-bond donors (Lipinski definition) is 1. The molecule has 2 heterocycles. The summed E-state index contributed by atoms with van der Waals surface area (Å²) < 4.78 is 1.72. The summed E-state index contributed by atoms with van der Waals surface area (Å²) >= 11 is 0. The van der Waals surface area contributed by atoms with Gasteiger partial charge in [-0.1, -0.05) is 27.7 Å². The largest absolute Gasteiger partial charge is 0.310 e. The van der Waals surface area contributed by atoms with Crippen LogP contribution in [-0.2, 0) is 6.54 Å². The number of aromatic nitrogens is 4. The standard InChI is InChI=1S/C14H21N5/c1-10(2)13-5-6-19(18-13)14-16-8-12(9-17-14)7-15-11(3)4/h5-6,8-11,15H,7H2,1-4H3. The fourth-order valence-electron chi connectivity index (χ4n) is 1.64. The van der Waals surface area contributed by atoms with E-state index >= 15 is 0 Å². The average Bonchev–Trinajstić information content (AvgIpc) is 2.86. The predicted octanol–water partition coefficient (Wildman–Crippen LogP) is 2.28. The van der Waals surface area contributed by atoms with E-state index in [2.05, 4.69) is 48.1 Å². The van der Waals surface area contributed by atoms with E-state index in [1.807, 2.05) is 24.7 Å². The lowest BCUT2D eigenvalue weighted by molar-refractivity contribution is 0.586. The molecule has 0 aromatic carbocycles. The number of hydrogen-bond acceptors (Lipinski definition) is 4. The molecule has 5 heteroatoms. The van der Waals surface area contributed by atoms with Gasteiger partial charge in [-0.25, -0.2) is 14.6 Å². The van der Waals surface area contributed by atoms with Crippen LogP contribution in [0.15, 0.2) is 24.7 Å². The molecule has 19 heavy (non-hydrogen) atoms. The smallest absolute Gasteiger partial charge is 0.250 e. The van der Waals surface area contributed by atoms with Crippen molar-refractivity contribution in [3.05, 3.63) is 35.9 Å². The van der Waals surface area contributed by atoms with Crippen molar-refractivity contribution < 1.29 is 0 Å². The van der Waals surface area contributed by atoms with Crippen LogP contribution in [0.5, 0.6) is 0 Å². The number of nitrogens with zero attached hydrogens (tertiary/aromatic N) is 4. The van der Waals surface area contributed by atoms with Crippen molar-refractivity contribution in [1.82, 2.24) is 25.1 Å². The molecular weight excluding hydrogens is 238 g/mol. The second-order valence-electron chi connectivity index (χ2n) is 5.27. The van der Waals surface area contributed by atoms with E-state index in [0.29, 0.717) is 17.9 Å². The van der Waals surface area contributed by atoms with Crippen LogP contribution >= 0.6 is 0 Å². The third-order valence-electron chi connectivity index (χ3n) is 2.81. The molecule has 0 aliphatic rings. The second-order valence-corrected chi connectivity index (χ2v) is 5.27. The summed E-state index contributed by atoms with van der Waals surface area (Å²) in [6.45, 7) is 9.26. The van der Waals surface area contributed by atoms with Crippen molar-refractivity contribution in [3.8, 4) is 5.95 Å². The minimum atomic E-state index is 0.413. The zero-order chi connectivity index (χ0) is 13.8. The Hall–Kier alpha value is -1.75. The van der Waals surface area contributed by atoms with Gasteiger partial charge in [-0.15, -0.1) is 0 Å². The van der Waals surface area contributed by atoms with Gasteiger partial charge in [0, 0.05) is 36.7 Å². The highest BCUT2D eigenvalue weighted by molar-refractivity contribution is 5.16. The quantitative estimate of drug-likeness (QED) is 0.895. The van der Waals surface area contributed by atoms with Crippen molar-refractivity contribution in [3.63, 3.8) is 0 Å². The Balaban J connectivity index is 2.08. The fourth-order valence-corrected chi connectivity index (χ4v) is 1.64. The molecule has 0 fully saturated rings. The number of nitrogens with one attached hydrogen (secondary N) is 1. The van der Waals surface area contributed by atoms with E-state index in [1.165, 1.54) is 0 Å². The molecule has 0 aliphatic heterocycles. The third-order valence-corrected chi connectivity index (χ3v) is 2.81. The molecule has 0 saturated carbocycles. The Labute approximate surface area is 114 Å². The maximum Gasteiger partial charge on any atom is 0.250 e. The van der Waals surface area contributed by atoms with E-state index in [0.717, 1.165) is 17.8 Å². The van der Waals surface area contributed by atoms with Crippen LogP contribution in [0.2, 0.25) is 0 Å². The van der Waals surface area contributed by atoms with Gasteiger partial charge in [-0.2, -0.15) is 5.10 Å². The van der Waals surface area contributed by atoms with Gasteiger partial charge in [0.15, 0.2) is 0 Å². The molecule has 0 bridgehead atoms. The van der Waals surface area contributed by atoms with E-state index in [-0.39, 0.29) is 0 Å². The van der Waals surface area contributed by atoms with E-state index in [9.17, 15) is 0 Å². The summed E-state index contributed by atoms with van der Waals surface area (Å²) in [4.78, 5) is 8.70. The zero-order valence-electron chi connectivity index (χ0n) is 12.0. The average molecular weight is 259 g/mol. The Bertz CT molecular complexity index is 513. The molecule has 0 unspecified atom stereocenters. The topological polar surface area (TPSA) is 55.6 Å². The third kappa shape index (κ3) is 3.61. The minimum absolute atomic E-state index is 0.413. The molecule has 0 radical (unpaired) electrons. The summed E-state index contributed by atoms with van der Waals surface area (Å²) in [6, 6.07) is 2.46. The first-order chi connectivity index (χ1) is 9.06. The summed E-state index contributed by atoms with van der Waals surface area (Å²) in [5, 5.41) is 7.80. The van der Waals surface area contributed by atoms with E-state index < -0.39 is 0 Å². The Morgan fingerprint density at radius 3 is 2.37 bits per heavy atom. The van der Waals surface area contributed by atoms with Crippen LogP contribution < -0.4 is 5.32 Å². The van der Waals surface area contributed by atoms with E-state index in [1.54, 1.807) is 4.68 Å². The van der Waals surface area contributed by atoms with Gasteiger partial charge in [-0.05, 0) is 12.0 Å². The molecule has 0 saturated heterocycles. The van der Waals surface area contributed by atoms with Crippen LogP contribution in [0.1, 0.15) is 44.9 Å². The predicted molar refractivity (Wildman–Crippen MR) is 75.2 cm³/mol. The van der Waals surface area contributed by atoms with Gasteiger partial charge in [-0.3, -0.25) is 0 Å². The van der Waals surface area contributed by atoms with Crippen LogP contribution in [-0.4, -0.2) is 25.8 Å². The lowest BCUT2D eigenvalue weighted by atomic mass is 10.1. The second kappa shape index (κ2) is 5.93. The van der Waals surface area contributed by atoms with Crippen molar-refractivity contribution in [2.24, 2.45) is 0 Å².